The highest BCUT2D eigenvalue weighted by molar-refractivity contribution is 5.98. The molecule has 1 aliphatic rings. The van der Waals surface area contributed by atoms with Crippen LogP contribution in [0, 0.1) is 12.8 Å². The molecule has 2 heterocycles. The molecule has 2 aromatic rings. The second kappa shape index (κ2) is 7.51. The summed E-state index contributed by atoms with van der Waals surface area (Å²) in [6, 6.07) is 9.28. The zero-order valence-corrected chi connectivity index (χ0v) is 14.5. The maximum absolute atomic E-state index is 12.5. The molecule has 1 atom stereocenters. The molecular formula is C19H22N2O4. The fourth-order valence-corrected chi connectivity index (χ4v) is 3.11. The van der Waals surface area contributed by atoms with Crippen LogP contribution in [0.1, 0.15) is 35.9 Å². The normalized spacial score (nSPS) is 17.4. The Balaban J connectivity index is 1.68. The quantitative estimate of drug-likeness (QED) is 0.799. The standard InChI is InChI=1S/C19H22N2O4/c1-13-7-6-10-21(11-13)16(22)12-24-19(23)17-14(2)25-20-18(17)15-8-4-3-5-9-15/h3-5,8-9,13H,6-7,10-12H2,1-2H3/t13-/m1/s1. The molecule has 1 aromatic heterocycles. The Kier molecular flexibility index (Phi) is 5.16. The summed E-state index contributed by atoms with van der Waals surface area (Å²) in [4.78, 5) is 26.5. The predicted octanol–water partition coefficient (Wildman–Crippen LogP) is 3.07. The Labute approximate surface area is 146 Å². The smallest absolute Gasteiger partial charge is 0.344 e. The van der Waals surface area contributed by atoms with Gasteiger partial charge in [-0.1, -0.05) is 42.4 Å². The highest BCUT2D eigenvalue weighted by atomic mass is 16.5. The van der Waals surface area contributed by atoms with Gasteiger partial charge in [0.1, 0.15) is 17.0 Å². The number of likely N-dealkylation sites (tertiary alicyclic amines) is 1. The summed E-state index contributed by atoms with van der Waals surface area (Å²) in [6.45, 7) is 4.97. The summed E-state index contributed by atoms with van der Waals surface area (Å²) in [5.74, 6) is 0.118. The molecule has 0 radical (unpaired) electrons. The zero-order chi connectivity index (χ0) is 17.8. The number of hydrogen-bond donors (Lipinski definition) is 0. The first-order chi connectivity index (χ1) is 12.1. The maximum Gasteiger partial charge on any atom is 0.344 e. The van der Waals surface area contributed by atoms with Crippen molar-refractivity contribution in [2.24, 2.45) is 5.92 Å². The number of carbonyl (C=O) groups excluding carboxylic acids is 2. The number of rotatable bonds is 4. The molecule has 6 nitrogen and oxygen atoms in total. The molecular weight excluding hydrogens is 320 g/mol. The van der Waals surface area contributed by atoms with E-state index < -0.39 is 5.97 Å². The van der Waals surface area contributed by atoms with E-state index in [9.17, 15) is 9.59 Å². The van der Waals surface area contributed by atoms with Crippen molar-refractivity contribution < 1.29 is 18.8 Å². The molecule has 1 aromatic carbocycles. The molecule has 3 rings (SSSR count). The van der Waals surface area contributed by atoms with Crippen LogP contribution in [-0.4, -0.2) is 41.6 Å². The first-order valence-electron chi connectivity index (χ1n) is 8.53. The Morgan fingerprint density at radius 2 is 2.08 bits per heavy atom. The van der Waals surface area contributed by atoms with Crippen molar-refractivity contribution in [2.45, 2.75) is 26.7 Å². The summed E-state index contributed by atoms with van der Waals surface area (Å²) in [5.41, 5.74) is 1.47. The molecule has 1 amide bonds. The third kappa shape index (κ3) is 3.90. The largest absolute Gasteiger partial charge is 0.452 e. The highest BCUT2D eigenvalue weighted by Crippen LogP contribution is 2.25. The van der Waals surface area contributed by atoms with Gasteiger partial charge in [-0.2, -0.15) is 0 Å². The van der Waals surface area contributed by atoms with Crippen LogP contribution in [0.15, 0.2) is 34.9 Å². The second-order valence-corrected chi connectivity index (χ2v) is 6.49. The van der Waals surface area contributed by atoms with Crippen LogP contribution in [-0.2, 0) is 9.53 Å². The van der Waals surface area contributed by atoms with E-state index in [-0.39, 0.29) is 18.1 Å². The number of nitrogens with zero attached hydrogens (tertiary/aromatic N) is 2. The molecule has 0 bridgehead atoms. The summed E-state index contributed by atoms with van der Waals surface area (Å²) in [6.07, 6.45) is 2.12. The van der Waals surface area contributed by atoms with Crippen LogP contribution in [0.2, 0.25) is 0 Å². The topological polar surface area (TPSA) is 72.6 Å². The monoisotopic (exact) mass is 342 g/mol. The molecule has 25 heavy (non-hydrogen) atoms. The number of esters is 1. The van der Waals surface area contributed by atoms with Gasteiger partial charge in [0, 0.05) is 18.7 Å². The molecule has 0 aliphatic carbocycles. The summed E-state index contributed by atoms with van der Waals surface area (Å²) in [5, 5.41) is 3.96. The number of amides is 1. The molecule has 0 N–H and O–H groups in total. The number of aryl methyl sites for hydroxylation is 1. The number of aromatic nitrogens is 1. The predicted molar refractivity (Wildman–Crippen MR) is 91.9 cm³/mol. The van der Waals surface area contributed by atoms with E-state index in [1.165, 1.54) is 0 Å². The lowest BCUT2D eigenvalue weighted by molar-refractivity contribution is -0.136. The first kappa shape index (κ1) is 17.2. The zero-order valence-electron chi connectivity index (χ0n) is 14.5. The van der Waals surface area contributed by atoms with E-state index in [0.29, 0.717) is 17.4 Å². The van der Waals surface area contributed by atoms with Gasteiger partial charge in [-0.3, -0.25) is 4.79 Å². The van der Waals surface area contributed by atoms with Crippen molar-refractivity contribution in [1.29, 1.82) is 0 Å². The minimum absolute atomic E-state index is 0.157. The van der Waals surface area contributed by atoms with E-state index >= 15 is 0 Å². The fraction of sp³-hybridized carbons (Fsp3) is 0.421. The summed E-state index contributed by atoms with van der Waals surface area (Å²) < 4.78 is 10.4. The van der Waals surface area contributed by atoms with Crippen LogP contribution in [0.4, 0.5) is 0 Å². The molecule has 132 valence electrons. The number of ether oxygens (including phenoxy) is 1. The average molecular weight is 342 g/mol. The van der Waals surface area contributed by atoms with Crippen LogP contribution < -0.4 is 0 Å². The van der Waals surface area contributed by atoms with Crippen molar-refractivity contribution in [3.05, 3.63) is 41.7 Å². The third-order valence-corrected chi connectivity index (χ3v) is 4.45. The van der Waals surface area contributed by atoms with Gasteiger partial charge in [0.25, 0.3) is 5.91 Å². The number of hydrogen-bond acceptors (Lipinski definition) is 5. The molecule has 0 spiro atoms. The van der Waals surface area contributed by atoms with Crippen LogP contribution in [0.25, 0.3) is 11.3 Å². The third-order valence-electron chi connectivity index (χ3n) is 4.45. The number of benzene rings is 1. The Morgan fingerprint density at radius 1 is 1.32 bits per heavy atom. The summed E-state index contributed by atoms with van der Waals surface area (Å²) >= 11 is 0. The van der Waals surface area contributed by atoms with Crippen molar-refractivity contribution in [3.8, 4) is 11.3 Å². The van der Waals surface area contributed by atoms with E-state index in [0.717, 1.165) is 31.5 Å². The minimum atomic E-state index is -0.587. The van der Waals surface area contributed by atoms with Crippen molar-refractivity contribution in [2.75, 3.05) is 19.7 Å². The molecule has 1 saturated heterocycles. The minimum Gasteiger partial charge on any atom is -0.452 e. The van der Waals surface area contributed by atoms with Crippen LogP contribution >= 0.6 is 0 Å². The Hall–Kier alpha value is -2.63. The lowest BCUT2D eigenvalue weighted by Crippen LogP contribution is -2.41. The Morgan fingerprint density at radius 3 is 2.80 bits per heavy atom. The number of carbonyl (C=O) groups is 2. The van der Waals surface area contributed by atoms with Gasteiger partial charge in [-0.25, -0.2) is 4.79 Å². The SMILES string of the molecule is Cc1onc(-c2ccccc2)c1C(=O)OCC(=O)N1CCC[C@@H](C)C1. The van der Waals surface area contributed by atoms with Gasteiger partial charge in [0.05, 0.1) is 0 Å². The van der Waals surface area contributed by atoms with Gasteiger partial charge >= 0.3 is 5.97 Å². The number of piperidine rings is 1. The molecule has 1 aliphatic heterocycles. The average Bonchev–Trinajstić information content (AvgIpc) is 3.02. The Bertz CT molecular complexity index is 754. The van der Waals surface area contributed by atoms with Crippen molar-refractivity contribution in [1.82, 2.24) is 10.1 Å². The van der Waals surface area contributed by atoms with E-state index in [1.54, 1.807) is 11.8 Å². The highest BCUT2D eigenvalue weighted by Gasteiger charge is 2.26. The van der Waals surface area contributed by atoms with E-state index in [2.05, 4.69) is 12.1 Å². The van der Waals surface area contributed by atoms with Gasteiger partial charge in [0.15, 0.2) is 6.61 Å². The van der Waals surface area contributed by atoms with Gasteiger partial charge in [-0.15, -0.1) is 0 Å². The molecule has 6 heteroatoms. The van der Waals surface area contributed by atoms with Crippen LogP contribution in [0.3, 0.4) is 0 Å². The van der Waals surface area contributed by atoms with Crippen molar-refractivity contribution >= 4 is 11.9 Å². The fourth-order valence-electron chi connectivity index (χ4n) is 3.11. The summed E-state index contributed by atoms with van der Waals surface area (Å²) in [7, 11) is 0. The molecule has 1 fully saturated rings. The molecule has 0 saturated carbocycles. The van der Waals surface area contributed by atoms with E-state index in [1.807, 2.05) is 30.3 Å². The van der Waals surface area contributed by atoms with Gasteiger partial charge in [-0.05, 0) is 25.7 Å². The van der Waals surface area contributed by atoms with Gasteiger partial charge in [0.2, 0.25) is 0 Å². The second-order valence-electron chi connectivity index (χ2n) is 6.49. The molecule has 0 unspecified atom stereocenters. The lowest BCUT2D eigenvalue weighted by atomic mass is 10.0. The lowest BCUT2D eigenvalue weighted by Gasteiger charge is -2.30. The van der Waals surface area contributed by atoms with Crippen molar-refractivity contribution in [3.63, 3.8) is 0 Å². The maximum atomic E-state index is 12.5. The van der Waals surface area contributed by atoms with Gasteiger partial charge < -0.3 is 14.2 Å². The van der Waals surface area contributed by atoms with Crippen LogP contribution in [0.5, 0.6) is 0 Å². The first-order valence-corrected chi connectivity index (χ1v) is 8.53. The van der Waals surface area contributed by atoms with E-state index in [4.69, 9.17) is 9.26 Å².